The highest BCUT2D eigenvalue weighted by molar-refractivity contribution is 6.37. The van der Waals surface area contributed by atoms with Crippen molar-refractivity contribution < 1.29 is 24.3 Å². The molecule has 3 N–H and O–H groups in total. The number of hydrogen-bond acceptors (Lipinski definition) is 4. The van der Waals surface area contributed by atoms with Gasteiger partial charge in [-0.1, -0.05) is 46.9 Å². The van der Waals surface area contributed by atoms with Gasteiger partial charge in [0.2, 0.25) is 24.2 Å². The van der Waals surface area contributed by atoms with E-state index in [2.05, 4.69) is 0 Å². The Morgan fingerprint density at radius 2 is 1.81 bits per heavy atom. The molecule has 1 aromatic heterocycles. The summed E-state index contributed by atoms with van der Waals surface area (Å²) in [6.45, 7) is 0.416. The largest absolute Gasteiger partial charge is 0.452 e. The van der Waals surface area contributed by atoms with E-state index in [0.717, 1.165) is 10.3 Å². The van der Waals surface area contributed by atoms with Crippen molar-refractivity contribution in [2.24, 2.45) is 5.73 Å². The summed E-state index contributed by atoms with van der Waals surface area (Å²) in [5.41, 5.74) is 7.14. The Hall–Kier alpha value is -3.00. The van der Waals surface area contributed by atoms with Gasteiger partial charge in [-0.3, -0.25) is 14.8 Å². The molecule has 2 heterocycles. The van der Waals surface area contributed by atoms with Crippen molar-refractivity contribution in [1.82, 2.24) is 0 Å². The zero-order valence-electron chi connectivity index (χ0n) is 16.5. The average Bonchev–Trinajstić information content (AvgIpc) is 3.13. The highest BCUT2D eigenvalue weighted by Crippen LogP contribution is 2.40. The molecule has 0 aliphatic carbocycles. The fraction of sp³-hybridized carbons (Fsp3) is 0.136. The minimum atomic E-state index is -0.556. The molecule has 2 aromatic carbocycles. The number of rotatable bonds is 5. The topological polar surface area (TPSA) is 96.7 Å². The van der Waals surface area contributed by atoms with Gasteiger partial charge in [-0.05, 0) is 35.9 Å². The normalized spacial score (nSPS) is 15.8. The summed E-state index contributed by atoms with van der Waals surface area (Å²) in [5, 5.41) is 10.0. The summed E-state index contributed by atoms with van der Waals surface area (Å²) < 4.78 is 6.56. The lowest BCUT2D eigenvalue weighted by atomic mass is 9.98. The number of benzene rings is 2. The van der Waals surface area contributed by atoms with E-state index in [1.165, 1.54) is 12.4 Å². The third kappa shape index (κ3) is 4.46. The van der Waals surface area contributed by atoms with Crippen LogP contribution in [0.2, 0.25) is 15.1 Å². The van der Waals surface area contributed by atoms with Crippen LogP contribution in [0.1, 0.15) is 28.3 Å². The second kappa shape index (κ2) is 8.86. The van der Waals surface area contributed by atoms with Gasteiger partial charge in [0, 0.05) is 34.9 Å². The second-order valence-corrected chi connectivity index (χ2v) is 8.50. The summed E-state index contributed by atoms with van der Waals surface area (Å²) >= 11 is 18.6. The lowest BCUT2D eigenvalue weighted by Gasteiger charge is -2.18. The van der Waals surface area contributed by atoms with Crippen LogP contribution in [0.3, 0.4) is 0 Å². The summed E-state index contributed by atoms with van der Waals surface area (Å²) in [7, 11) is 0. The molecule has 1 aliphatic rings. The molecule has 1 atom stereocenters. The fourth-order valence-corrected chi connectivity index (χ4v) is 4.25. The summed E-state index contributed by atoms with van der Waals surface area (Å²) in [6.07, 6.45) is 2.74. The molecule has 4 rings (SSSR count). The van der Waals surface area contributed by atoms with Gasteiger partial charge >= 0.3 is 0 Å². The second-order valence-electron chi connectivity index (χ2n) is 7.28. The van der Waals surface area contributed by atoms with Crippen LogP contribution in [-0.2, 0) is 4.79 Å². The van der Waals surface area contributed by atoms with Crippen molar-refractivity contribution in [1.29, 1.82) is 0 Å². The first-order valence-corrected chi connectivity index (χ1v) is 10.6. The number of primary amides is 1. The van der Waals surface area contributed by atoms with Crippen molar-refractivity contribution in [2.45, 2.75) is 12.3 Å². The van der Waals surface area contributed by atoms with Gasteiger partial charge in [0.05, 0.1) is 5.02 Å². The lowest BCUT2D eigenvalue weighted by molar-refractivity contribution is -0.904. The summed E-state index contributed by atoms with van der Waals surface area (Å²) in [5.74, 6) is -0.300. The monoisotopic (exact) mass is 492 g/mol. The number of aromatic nitrogens is 1. The van der Waals surface area contributed by atoms with Crippen LogP contribution in [-0.4, -0.2) is 23.6 Å². The molecule has 2 amide bonds. The van der Waals surface area contributed by atoms with Crippen molar-refractivity contribution >= 4 is 52.3 Å². The maximum atomic E-state index is 12.7. The first kappa shape index (κ1) is 22.2. The Balaban J connectivity index is 1.60. The number of pyridine rings is 1. The van der Waals surface area contributed by atoms with Crippen molar-refractivity contribution in [3.63, 3.8) is 0 Å². The van der Waals surface area contributed by atoms with Gasteiger partial charge in [0.1, 0.15) is 5.75 Å². The van der Waals surface area contributed by atoms with E-state index in [0.29, 0.717) is 28.6 Å². The van der Waals surface area contributed by atoms with E-state index < -0.39 is 5.91 Å². The Kier molecular flexibility index (Phi) is 6.15. The predicted molar refractivity (Wildman–Crippen MR) is 120 cm³/mol. The smallest absolute Gasteiger partial charge is 0.248 e. The molecule has 7 nitrogen and oxygen atoms in total. The number of anilines is 1. The molecule has 0 bridgehead atoms. The predicted octanol–water partition coefficient (Wildman–Crippen LogP) is 4.58. The molecule has 0 radical (unpaired) electrons. The highest BCUT2D eigenvalue weighted by Gasteiger charge is 2.32. The minimum absolute atomic E-state index is 0.0734. The number of nitrogens with two attached hydrogens (primary N) is 1. The van der Waals surface area contributed by atoms with Crippen LogP contribution in [0, 0.1) is 0 Å². The van der Waals surface area contributed by atoms with Crippen molar-refractivity contribution in [2.75, 3.05) is 11.4 Å². The zero-order chi connectivity index (χ0) is 23.0. The van der Waals surface area contributed by atoms with Crippen molar-refractivity contribution in [3.05, 3.63) is 81.1 Å². The van der Waals surface area contributed by atoms with Gasteiger partial charge in [0.15, 0.2) is 15.8 Å². The Bertz CT molecular complexity index is 1210. The van der Waals surface area contributed by atoms with E-state index in [9.17, 15) is 14.8 Å². The van der Waals surface area contributed by atoms with E-state index in [-0.39, 0.29) is 34.0 Å². The minimum Gasteiger partial charge on any atom is -0.452 e. The molecule has 0 unspecified atom stereocenters. The molecular weight excluding hydrogens is 477 g/mol. The van der Waals surface area contributed by atoms with Gasteiger partial charge in [-0.2, -0.15) is 0 Å². The Morgan fingerprint density at radius 3 is 2.50 bits per heavy atom. The van der Waals surface area contributed by atoms with Crippen LogP contribution in [0.5, 0.6) is 11.5 Å². The van der Waals surface area contributed by atoms with E-state index in [4.69, 9.17) is 45.3 Å². The standard InChI is InChI=1S/C22H16Cl3N3O4/c23-16-5-4-12(7-19(16)32-21-17(24)10-27(31)11-18(21)25)14-8-20(29)28(9-14)15-3-1-2-13(6-15)22(26)30/h1-7,10-11,14H,8-9H2,(H2-,26,30,31)/p+1/t14-/m0/s1. The van der Waals surface area contributed by atoms with Crippen LogP contribution >= 0.6 is 34.8 Å². The zero-order valence-corrected chi connectivity index (χ0v) is 18.7. The number of carbonyl (C=O) groups is 2. The first-order chi connectivity index (χ1) is 15.2. The fourth-order valence-electron chi connectivity index (χ4n) is 3.57. The molecule has 164 valence electrons. The van der Waals surface area contributed by atoms with E-state index in [1.807, 2.05) is 6.07 Å². The molecule has 0 saturated carbocycles. The maximum absolute atomic E-state index is 12.7. The number of nitrogens with zero attached hydrogens (tertiary/aromatic N) is 2. The van der Waals surface area contributed by atoms with Crippen LogP contribution in [0.15, 0.2) is 54.9 Å². The Morgan fingerprint density at radius 1 is 1.09 bits per heavy atom. The van der Waals surface area contributed by atoms with Crippen LogP contribution in [0.4, 0.5) is 5.69 Å². The molecular formula is C22H17Cl3N3O4+. The van der Waals surface area contributed by atoms with Crippen molar-refractivity contribution in [3.8, 4) is 11.5 Å². The van der Waals surface area contributed by atoms with Gasteiger partial charge in [-0.15, -0.1) is 0 Å². The molecule has 1 saturated heterocycles. The summed E-state index contributed by atoms with van der Waals surface area (Å²) in [6, 6.07) is 11.9. The maximum Gasteiger partial charge on any atom is 0.248 e. The quantitative estimate of drug-likeness (QED) is 0.401. The third-order valence-corrected chi connectivity index (χ3v) is 5.98. The number of amides is 2. The lowest BCUT2D eigenvalue weighted by Crippen LogP contribution is -2.28. The third-order valence-electron chi connectivity index (χ3n) is 5.13. The first-order valence-electron chi connectivity index (χ1n) is 9.50. The van der Waals surface area contributed by atoms with Gasteiger partial charge in [-0.25, -0.2) is 0 Å². The average molecular weight is 494 g/mol. The molecule has 1 fully saturated rings. The van der Waals surface area contributed by atoms with Crippen LogP contribution < -0.4 is 20.1 Å². The number of ether oxygens (including phenoxy) is 1. The molecule has 3 aromatic rings. The van der Waals surface area contributed by atoms with Crippen LogP contribution in [0.25, 0.3) is 0 Å². The molecule has 32 heavy (non-hydrogen) atoms. The summed E-state index contributed by atoms with van der Waals surface area (Å²) in [4.78, 5) is 25.8. The molecule has 0 spiro atoms. The van der Waals surface area contributed by atoms with Gasteiger partial charge < -0.3 is 15.4 Å². The van der Waals surface area contributed by atoms with Gasteiger partial charge in [0.25, 0.3) is 0 Å². The van der Waals surface area contributed by atoms with E-state index >= 15 is 0 Å². The number of halogens is 3. The SMILES string of the molecule is NC(=O)c1cccc(N2C[C@@H](c3ccc(Cl)c(Oc4c(Cl)c[n+](O)cc4Cl)c3)CC2=O)c1. The highest BCUT2D eigenvalue weighted by atomic mass is 35.5. The molecule has 10 heteroatoms. The Labute approximate surface area is 198 Å². The number of hydrogen-bond donors (Lipinski definition) is 2. The van der Waals surface area contributed by atoms with E-state index in [1.54, 1.807) is 41.3 Å². The molecule has 1 aliphatic heterocycles. The number of carbonyl (C=O) groups excluding carboxylic acids is 2.